The van der Waals surface area contributed by atoms with Crippen molar-refractivity contribution in [1.82, 2.24) is 4.90 Å². The van der Waals surface area contributed by atoms with Crippen LogP contribution < -0.4 is 0 Å². The maximum atomic E-state index is 5.66. The number of rotatable bonds is 6. The van der Waals surface area contributed by atoms with Gasteiger partial charge < -0.3 is 4.90 Å². The summed E-state index contributed by atoms with van der Waals surface area (Å²) in [5.41, 5.74) is 0. The number of alkyl halides is 1. The molecule has 0 unspecified atom stereocenters. The summed E-state index contributed by atoms with van der Waals surface area (Å²) in [6.07, 6.45) is 4.33. The van der Waals surface area contributed by atoms with Gasteiger partial charge in [0.25, 0.3) is 0 Å². The highest BCUT2D eigenvalue weighted by Crippen LogP contribution is 2.32. The van der Waals surface area contributed by atoms with E-state index in [1.54, 1.807) is 0 Å². The predicted octanol–water partition coefficient (Wildman–Crippen LogP) is 2.35. The van der Waals surface area contributed by atoms with E-state index in [1.165, 1.54) is 25.8 Å². The first-order valence-corrected chi connectivity index (χ1v) is 5.18. The minimum atomic E-state index is 0.776. The first kappa shape index (κ1) is 9.34. The molecule has 0 radical (unpaired) electrons. The molecule has 1 saturated carbocycles. The molecule has 0 N–H and O–H groups in total. The third-order valence-electron chi connectivity index (χ3n) is 2.40. The molecule has 0 atom stereocenters. The number of hydrogen-bond donors (Lipinski definition) is 0. The van der Waals surface area contributed by atoms with Crippen molar-refractivity contribution in [2.45, 2.75) is 26.2 Å². The van der Waals surface area contributed by atoms with Gasteiger partial charge in [0.2, 0.25) is 0 Å². The van der Waals surface area contributed by atoms with Crippen LogP contribution in [0.1, 0.15) is 26.2 Å². The Morgan fingerprint density at radius 1 is 1.36 bits per heavy atom. The SMILES string of the molecule is CCN(CCCl)CCC1CC1. The maximum absolute atomic E-state index is 5.66. The largest absolute Gasteiger partial charge is 0.302 e. The molecule has 11 heavy (non-hydrogen) atoms. The normalized spacial score (nSPS) is 17.7. The summed E-state index contributed by atoms with van der Waals surface area (Å²) in [4.78, 5) is 2.44. The fraction of sp³-hybridized carbons (Fsp3) is 1.00. The molecule has 0 aliphatic heterocycles. The van der Waals surface area contributed by atoms with Crippen molar-refractivity contribution in [2.75, 3.05) is 25.5 Å². The van der Waals surface area contributed by atoms with Gasteiger partial charge in [-0.15, -0.1) is 11.6 Å². The van der Waals surface area contributed by atoms with E-state index in [2.05, 4.69) is 11.8 Å². The Bertz CT molecular complexity index is 102. The minimum absolute atomic E-state index is 0.776. The zero-order valence-corrected chi connectivity index (χ0v) is 8.11. The number of hydrogen-bond acceptors (Lipinski definition) is 1. The van der Waals surface area contributed by atoms with Gasteiger partial charge in [-0.3, -0.25) is 0 Å². The molecular weight excluding hydrogens is 158 g/mol. The van der Waals surface area contributed by atoms with E-state index in [-0.39, 0.29) is 0 Å². The van der Waals surface area contributed by atoms with Crippen LogP contribution >= 0.6 is 11.6 Å². The fourth-order valence-corrected chi connectivity index (χ4v) is 1.56. The Morgan fingerprint density at radius 2 is 2.09 bits per heavy atom. The summed E-state index contributed by atoms with van der Waals surface area (Å²) in [7, 11) is 0. The second-order valence-electron chi connectivity index (χ2n) is 3.36. The minimum Gasteiger partial charge on any atom is -0.302 e. The smallest absolute Gasteiger partial charge is 0.0351 e. The zero-order chi connectivity index (χ0) is 8.10. The Kier molecular flexibility index (Phi) is 4.24. The van der Waals surface area contributed by atoms with Gasteiger partial charge in [0.1, 0.15) is 0 Å². The fourth-order valence-electron chi connectivity index (χ4n) is 1.32. The summed E-state index contributed by atoms with van der Waals surface area (Å²) in [5, 5.41) is 0. The van der Waals surface area contributed by atoms with Crippen LogP contribution in [0.5, 0.6) is 0 Å². The standard InChI is InChI=1S/C9H18ClN/c1-2-11(8-6-10)7-5-9-3-4-9/h9H,2-8H2,1H3. The van der Waals surface area contributed by atoms with Crippen LogP contribution in [0.4, 0.5) is 0 Å². The molecule has 1 fully saturated rings. The lowest BCUT2D eigenvalue weighted by Gasteiger charge is -2.18. The van der Waals surface area contributed by atoms with E-state index in [9.17, 15) is 0 Å². The molecule has 0 amide bonds. The van der Waals surface area contributed by atoms with Crippen molar-refractivity contribution < 1.29 is 0 Å². The highest BCUT2D eigenvalue weighted by Gasteiger charge is 2.21. The second kappa shape index (κ2) is 5.00. The van der Waals surface area contributed by atoms with Gasteiger partial charge in [-0.1, -0.05) is 19.8 Å². The van der Waals surface area contributed by atoms with Crippen LogP contribution in [0, 0.1) is 5.92 Å². The summed E-state index contributed by atoms with van der Waals surface area (Å²) in [5.74, 6) is 1.83. The molecule has 0 bridgehead atoms. The van der Waals surface area contributed by atoms with E-state index in [1.807, 2.05) is 0 Å². The molecule has 0 aromatic rings. The second-order valence-corrected chi connectivity index (χ2v) is 3.73. The Labute approximate surface area is 74.7 Å². The van der Waals surface area contributed by atoms with Crippen LogP contribution in [0.3, 0.4) is 0 Å². The number of nitrogens with zero attached hydrogens (tertiary/aromatic N) is 1. The average Bonchev–Trinajstić information content (AvgIpc) is 2.81. The average molecular weight is 176 g/mol. The van der Waals surface area contributed by atoms with Gasteiger partial charge in [0, 0.05) is 12.4 Å². The van der Waals surface area contributed by atoms with E-state index in [0.717, 1.165) is 24.9 Å². The van der Waals surface area contributed by atoms with Crippen molar-refractivity contribution in [1.29, 1.82) is 0 Å². The summed E-state index contributed by atoms with van der Waals surface area (Å²) in [6.45, 7) is 5.68. The van der Waals surface area contributed by atoms with E-state index in [4.69, 9.17) is 11.6 Å². The molecule has 1 nitrogen and oxygen atoms in total. The van der Waals surface area contributed by atoms with Crippen LogP contribution in [0.2, 0.25) is 0 Å². The highest BCUT2D eigenvalue weighted by atomic mass is 35.5. The summed E-state index contributed by atoms with van der Waals surface area (Å²) in [6, 6.07) is 0. The lowest BCUT2D eigenvalue weighted by Crippen LogP contribution is -2.26. The van der Waals surface area contributed by atoms with Crippen LogP contribution in [-0.2, 0) is 0 Å². The van der Waals surface area contributed by atoms with Crippen molar-refractivity contribution in [2.24, 2.45) is 5.92 Å². The first-order chi connectivity index (χ1) is 5.36. The first-order valence-electron chi connectivity index (χ1n) is 4.65. The molecule has 0 aromatic heterocycles. The molecular formula is C9H18ClN. The third kappa shape index (κ3) is 3.97. The van der Waals surface area contributed by atoms with Gasteiger partial charge in [-0.05, 0) is 25.4 Å². The summed E-state index contributed by atoms with van der Waals surface area (Å²) < 4.78 is 0. The Morgan fingerprint density at radius 3 is 2.55 bits per heavy atom. The van der Waals surface area contributed by atoms with Gasteiger partial charge in [-0.25, -0.2) is 0 Å². The van der Waals surface area contributed by atoms with Crippen LogP contribution in [-0.4, -0.2) is 30.4 Å². The molecule has 66 valence electrons. The van der Waals surface area contributed by atoms with Crippen molar-refractivity contribution >= 4 is 11.6 Å². The predicted molar refractivity (Wildman–Crippen MR) is 50.2 cm³/mol. The van der Waals surface area contributed by atoms with Crippen LogP contribution in [0.15, 0.2) is 0 Å². The molecule has 0 aromatic carbocycles. The van der Waals surface area contributed by atoms with Gasteiger partial charge in [0.05, 0.1) is 0 Å². The van der Waals surface area contributed by atoms with Crippen LogP contribution in [0.25, 0.3) is 0 Å². The number of halogens is 1. The van der Waals surface area contributed by atoms with Crippen molar-refractivity contribution in [3.63, 3.8) is 0 Å². The van der Waals surface area contributed by atoms with E-state index >= 15 is 0 Å². The Hall–Kier alpha value is 0.250. The lowest BCUT2D eigenvalue weighted by atomic mass is 10.3. The molecule has 0 saturated heterocycles. The monoisotopic (exact) mass is 175 g/mol. The highest BCUT2D eigenvalue weighted by molar-refractivity contribution is 6.18. The molecule has 1 rings (SSSR count). The van der Waals surface area contributed by atoms with Crippen molar-refractivity contribution in [3.8, 4) is 0 Å². The maximum Gasteiger partial charge on any atom is 0.0351 e. The topological polar surface area (TPSA) is 3.24 Å². The molecule has 1 aliphatic rings. The molecule has 1 aliphatic carbocycles. The zero-order valence-electron chi connectivity index (χ0n) is 7.35. The van der Waals surface area contributed by atoms with E-state index in [0.29, 0.717) is 0 Å². The van der Waals surface area contributed by atoms with Crippen molar-refractivity contribution in [3.05, 3.63) is 0 Å². The lowest BCUT2D eigenvalue weighted by molar-refractivity contribution is 0.295. The van der Waals surface area contributed by atoms with Gasteiger partial charge in [0.15, 0.2) is 0 Å². The Balaban J connectivity index is 1.98. The third-order valence-corrected chi connectivity index (χ3v) is 2.57. The van der Waals surface area contributed by atoms with Gasteiger partial charge in [-0.2, -0.15) is 0 Å². The van der Waals surface area contributed by atoms with E-state index < -0.39 is 0 Å². The molecule has 0 heterocycles. The quantitative estimate of drug-likeness (QED) is 0.561. The molecule has 0 spiro atoms. The van der Waals surface area contributed by atoms with Gasteiger partial charge >= 0.3 is 0 Å². The molecule has 2 heteroatoms. The summed E-state index contributed by atoms with van der Waals surface area (Å²) >= 11 is 5.66.